The molecule has 0 bridgehead atoms. The molecule has 2 rings (SSSR count). The maximum Gasteiger partial charge on any atom is 0.707 e. The van der Waals surface area contributed by atoms with Gasteiger partial charge in [0, 0.05) is 24.8 Å². The molecule has 2 amide bonds. The Hall–Kier alpha value is -2.33. The molecule has 0 aliphatic rings. The zero-order valence-corrected chi connectivity index (χ0v) is 12.8. The first-order valence-electron chi connectivity index (χ1n) is 6.61. The van der Waals surface area contributed by atoms with Crippen LogP contribution in [-0.2, 0) is 0 Å². The Bertz CT molecular complexity index is 682. The van der Waals surface area contributed by atoms with Gasteiger partial charge in [-0.15, -0.1) is 5.10 Å². The largest absolute Gasteiger partial charge is 0.707 e. The lowest BCUT2D eigenvalue weighted by atomic mass is 10.1. The Morgan fingerprint density at radius 2 is 2.14 bits per heavy atom. The topological polar surface area (TPSA) is 112 Å². The highest BCUT2D eigenvalue weighted by atomic mass is 16.6. The second-order valence-electron chi connectivity index (χ2n) is 5.76. The van der Waals surface area contributed by atoms with E-state index >= 15 is 0 Å². The molecule has 0 fully saturated rings. The van der Waals surface area contributed by atoms with Crippen LogP contribution in [-0.4, -0.2) is 50.6 Å². The van der Waals surface area contributed by atoms with Crippen LogP contribution in [0.15, 0.2) is 18.3 Å². The Kier molecular flexibility index (Phi) is 4.24. The summed E-state index contributed by atoms with van der Waals surface area (Å²) >= 11 is 0. The minimum absolute atomic E-state index is 0.212. The van der Waals surface area contributed by atoms with E-state index < -0.39 is 7.32 Å². The van der Waals surface area contributed by atoms with Crippen molar-refractivity contribution in [1.82, 2.24) is 19.9 Å². The number of hydrogen-bond acceptors (Lipinski definition) is 6. The van der Waals surface area contributed by atoms with Crippen LogP contribution in [0.1, 0.15) is 20.8 Å². The quantitative estimate of drug-likeness (QED) is 0.689. The van der Waals surface area contributed by atoms with Crippen molar-refractivity contribution in [3.05, 3.63) is 18.3 Å². The summed E-state index contributed by atoms with van der Waals surface area (Å²) in [4.78, 5) is 17.6. The zero-order valence-electron chi connectivity index (χ0n) is 12.8. The van der Waals surface area contributed by atoms with Gasteiger partial charge >= 0.3 is 13.4 Å². The van der Waals surface area contributed by atoms with Crippen LogP contribution in [0.5, 0.6) is 5.75 Å². The molecule has 9 nitrogen and oxygen atoms in total. The number of rotatable bonds is 3. The molecule has 0 saturated heterocycles. The van der Waals surface area contributed by atoms with Crippen molar-refractivity contribution in [2.75, 3.05) is 11.9 Å². The van der Waals surface area contributed by atoms with Gasteiger partial charge in [0.05, 0.1) is 0 Å². The molecule has 0 aromatic carbocycles. The fraction of sp³-hybridized carbons (Fsp3) is 0.417. The number of carbonyl (C=O) groups excluding carboxylic acids is 1. The summed E-state index contributed by atoms with van der Waals surface area (Å²) in [5.41, 5.74) is 0.0338. The molecule has 118 valence electrons. The third-order valence-corrected chi connectivity index (χ3v) is 2.63. The number of hydrogen-bond donors (Lipinski definition) is 3. The van der Waals surface area contributed by atoms with E-state index in [4.69, 9.17) is 14.7 Å². The van der Waals surface area contributed by atoms with Crippen LogP contribution in [0.2, 0.25) is 0 Å². The van der Waals surface area contributed by atoms with Gasteiger partial charge in [-0.25, -0.2) is 9.31 Å². The third kappa shape index (κ3) is 3.86. The molecule has 0 spiro atoms. The van der Waals surface area contributed by atoms with Crippen LogP contribution in [0.25, 0.3) is 5.65 Å². The Morgan fingerprint density at radius 3 is 2.73 bits per heavy atom. The third-order valence-electron chi connectivity index (χ3n) is 2.63. The summed E-state index contributed by atoms with van der Waals surface area (Å²) in [7, 11) is -0.352. The number of pyridine rings is 1. The molecule has 3 N–H and O–H groups in total. The minimum atomic E-state index is -1.91. The second-order valence-corrected chi connectivity index (χ2v) is 5.76. The van der Waals surface area contributed by atoms with Crippen molar-refractivity contribution in [3.63, 3.8) is 0 Å². The number of anilines is 1. The van der Waals surface area contributed by atoms with Crippen molar-refractivity contribution in [2.45, 2.75) is 26.3 Å². The average molecular weight is 307 g/mol. The molecular formula is C12H18BN5O4. The number of nitrogens with one attached hydrogen (secondary N) is 1. The van der Waals surface area contributed by atoms with Crippen LogP contribution >= 0.6 is 0 Å². The number of urea groups is 1. The van der Waals surface area contributed by atoms with Crippen molar-refractivity contribution in [1.29, 1.82) is 0 Å². The first-order chi connectivity index (χ1) is 10.2. The van der Waals surface area contributed by atoms with Gasteiger partial charge in [0.1, 0.15) is 5.75 Å². The molecule has 22 heavy (non-hydrogen) atoms. The van der Waals surface area contributed by atoms with E-state index in [9.17, 15) is 4.79 Å². The lowest BCUT2D eigenvalue weighted by Crippen LogP contribution is -2.47. The van der Waals surface area contributed by atoms with Crippen molar-refractivity contribution in [3.8, 4) is 5.75 Å². The van der Waals surface area contributed by atoms with E-state index in [0.29, 0.717) is 5.65 Å². The zero-order chi connectivity index (χ0) is 16.5. The number of carbonyl (C=O) groups is 1. The molecule has 0 radical (unpaired) electrons. The van der Waals surface area contributed by atoms with Gasteiger partial charge in [0.25, 0.3) is 5.95 Å². The number of nitrogens with zero attached hydrogens (tertiary/aromatic N) is 4. The standard InChI is InChI=1S/C12H18BN5O4/c1-12(2,3)15-11(19)17(4)10-14-9-7-8(22-13(20)21)5-6-18(9)16-10/h5-7,20-21H,1-4H3,(H,15,19). The summed E-state index contributed by atoms with van der Waals surface area (Å²) in [5, 5.41) is 24.5. The van der Waals surface area contributed by atoms with Crippen LogP contribution in [0.4, 0.5) is 10.7 Å². The lowest BCUT2D eigenvalue weighted by molar-refractivity contribution is 0.238. The van der Waals surface area contributed by atoms with E-state index in [-0.39, 0.29) is 23.3 Å². The smallest absolute Gasteiger partial charge is 0.512 e. The second kappa shape index (κ2) is 5.81. The van der Waals surface area contributed by atoms with Crippen molar-refractivity contribution < 1.29 is 19.5 Å². The van der Waals surface area contributed by atoms with E-state index in [1.165, 1.54) is 21.5 Å². The van der Waals surface area contributed by atoms with Gasteiger partial charge in [-0.2, -0.15) is 4.98 Å². The lowest BCUT2D eigenvalue weighted by Gasteiger charge is -2.23. The Balaban J connectivity index is 2.23. The number of amides is 2. The molecule has 0 atom stereocenters. The molecule has 10 heteroatoms. The highest BCUT2D eigenvalue weighted by Crippen LogP contribution is 2.16. The van der Waals surface area contributed by atoms with E-state index in [1.807, 2.05) is 20.8 Å². The average Bonchev–Trinajstić information content (AvgIpc) is 2.77. The van der Waals surface area contributed by atoms with Crippen LogP contribution in [0, 0.1) is 0 Å². The normalized spacial score (nSPS) is 11.4. The predicted molar refractivity (Wildman–Crippen MR) is 80.5 cm³/mol. The highest BCUT2D eigenvalue weighted by Gasteiger charge is 2.21. The van der Waals surface area contributed by atoms with Gasteiger partial charge < -0.3 is 20.0 Å². The maximum absolute atomic E-state index is 12.1. The van der Waals surface area contributed by atoms with Gasteiger partial charge in [-0.3, -0.25) is 4.90 Å². The van der Waals surface area contributed by atoms with Crippen LogP contribution in [0.3, 0.4) is 0 Å². The molecule has 0 saturated carbocycles. The summed E-state index contributed by atoms with van der Waals surface area (Å²) in [6.07, 6.45) is 1.54. The minimum Gasteiger partial charge on any atom is -0.512 e. The molecule has 2 heterocycles. The van der Waals surface area contributed by atoms with Gasteiger partial charge in [0.2, 0.25) is 0 Å². The van der Waals surface area contributed by atoms with E-state index in [0.717, 1.165) is 0 Å². The Labute approximate surface area is 127 Å². The van der Waals surface area contributed by atoms with Gasteiger partial charge in [-0.05, 0) is 26.8 Å². The first kappa shape index (κ1) is 16.1. The van der Waals surface area contributed by atoms with E-state index in [1.54, 1.807) is 13.2 Å². The molecule has 2 aromatic heterocycles. The Morgan fingerprint density at radius 1 is 1.45 bits per heavy atom. The van der Waals surface area contributed by atoms with Crippen molar-refractivity contribution >= 4 is 24.9 Å². The molecule has 0 unspecified atom stereocenters. The highest BCUT2D eigenvalue weighted by molar-refractivity contribution is 6.33. The summed E-state index contributed by atoms with van der Waals surface area (Å²) < 4.78 is 6.19. The molecule has 0 aliphatic heterocycles. The van der Waals surface area contributed by atoms with E-state index in [2.05, 4.69) is 15.4 Å². The summed E-state index contributed by atoms with van der Waals surface area (Å²) in [6, 6.07) is 2.65. The fourth-order valence-electron chi connectivity index (χ4n) is 1.68. The molecular weight excluding hydrogens is 289 g/mol. The first-order valence-corrected chi connectivity index (χ1v) is 6.61. The van der Waals surface area contributed by atoms with Crippen molar-refractivity contribution in [2.24, 2.45) is 0 Å². The fourth-order valence-corrected chi connectivity index (χ4v) is 1.68. The maximum atomic E-state index is 12.1. The summed E-state index contributed by atoms with van der Waals surface area (Å²) in [5.74, 6) is 0.437. The molecule has 0 aliphatic carbocycles. The monoisotopic (exact) mass is 307 g/mol. The van der Waals surface area contributed by atoms with Crippen LogP contribution < -0.4 is 14.9 Å². The van der Waals surface area contributed by atoms with Gasteiger partial charge in [-0.1, -0.05) is 0 Å². The number of aromatic nitrogens is 3. The molecule has 2 aromatic rings. The number of fused-ring (bicyclic) bond motifs is 1. The van der Waals surface area contributed by atoms with Gasteiger partial charge in [0.15, 0.2) is 5.65 Å². The predicted octanol–water partition coefficient (Wildman–Crippen LogP) is 0.0219. The SMILES string of the molecule is CN(C(=O)NC(C)(C)C)c1nc2cc(OB(O)O)ccn2n1. The summed E-state index contributed by atoms with van der Waals surface area (Å²) in [6.45, 7) is 5.62.